The summed E-state index contributed by atoms with van der Waals surface area (Å²) in [6, 6.07) is -0.538. The zero-order chi connectivity index (χ0) is 14.1. The maximum atomic E-state index is 12.6. The maximum absolute atomic E-state index is 12.6. The Morgan fingerprint density at radius 2 is 2.15 bits per heavy atom. The number of amides is 1. The minimum absolute atomic E-state index is 0.0617. The highest BCUT2D eigenvalue weighted by Crippen LogP contribution is 2.30. The Labute approximate surface area is 117 Å². The Morgan fingerprint density at radius 1 is 1.40 bits per heavy atom. The minimum Gasteiger partial charge on any atom is -0.467 e. The van der Waals surface area contributed by atoms with Crippen LogP contribution in [0.4, 0.5) is 0 Å². The normalized spacial score (nSPS) is 22.6. The first-order valence-corrected chi connectivity index (χ1v) is 7.10. The molecule has 1 amide bonds. The molecule has 0 spiro atoms. The molecule has 3 rings (SSSR count). The summed E-state index contributed by atoms with van der Waals surface area (Å²) in [4.78, 5) is 33.6. The number of H-pyrrole nitrogens is 1. The second-order valence-corrected chi connectivity index (χ2v) is 5.52. The molecule has 1 aliphatic carbocycles. The molecule has 0 bridgehead atoms. The van der Waals surface area contributed by atoms with Crippen LogP contribution in [0, 0.1) is 5.92 Å². The van der Waals surface area contributed by atoms with Gasteiger partial charge in [-0.25, -0.2) is 9.78 Å². The standard InChI is InChI=1S/C14H19N3O3/c1-20-14(19)12-6-10-11(16-8-15-10)7-17(12)13(18)9-4-2-3-5-9/h8-9,12H,2-7H2,1H3,(H,15,16)/t12-/m1/s1. The van der Waals surface area contributed by atoms with Crippen molar-refractivity contribution in [3.05, 3.63) is 17.7 Å². The molecule has 1 aromatic heterocycles. The lowest BCUT2D eigenvalue weighted by Crippen LogP contribution is -2.50. The summed E-state index contributed by atoms with van der Waals surface area (Å²) in [5.41, 5.74) is 1.78. The number of aromatic amines is 1. The lowest BCUT2D eigenvalue weighted by molar-refractivity contribution is -0.155. The Bertz CT molecular complexity index is 519. The number of hydrogen-bond acceptors (Lipinski definition) is 4. The fourth-order valence-corrected chi connectivity index (χ4v) is 3.22. The highest BCUT2D eigenvalue weighted by Gasteiger charge is 2.39. The molecule has 1 aliphatic heterocycles. The number of carbonyl (C=O) groups is 2. The Balaban J connectivity index is 1.85. The minimum atomic E-state index is -0.538. The van der Waals surface area contributed by atoms with Gasteiger partial charge < -0.3 is 14.6 Å². The van der Waals surface area contributed by atoms with Crippen LogP contribution in [0.15, 0.2) is 6.33 Å². The van der Waals surface area contributed by atoms with Crippen LogP contribution in [0.25, 0.3) is 0 Å². The van der Waals surface area contributed by atoms with E-state index in [1.807, 2.05) is 0 Å². The molecule has 1 aromatic rings. The summed E-state index contributed by atoms with van der Waals surface area (Å²) >= 11 is 0. The average Bonchev–Trinajstić information content (AvgIpc) is 3.14. The first-order chi connectivity index (χ1) is 9.70. The van der Waals surface area contributed by atoms with Gasteiger partial charge in [0.25, 0.3) is 0 Å². The van der Waals surface area contributed by atoms with Crippen LogP contribution in [-0.4, -0.2) is 39.9 Å². The van der Waals surface area contributed by atoms with Crippen LogP contribution in [0.1, 0.15) is 37.1 Å². The van der Waals surface area contributed by atoms with Crippen LogP contribution < -0.4 is 0 Å². The number of rotatable bonds is 2. The van der Waals surface area contributed by atoms with Crippen LogP contribution in [0.5, 0.6) is 0 Å². The summed E-state index contributed by atoms with van der Waals surface area (Å²) in [5.74, 6) is -0.213. The van der Waals surface area contributed by atoms with E-state index in [1.54, 1.807) is 11.2 Å². The van der Waals surface area contributed by atoms with E-state index in [2.05, 4.69) is 9.97 Å². The number of carbonyl (C=O) groups excluding carboxylic acids is 2. The van der Waals surface area contributed by atoms with E-state index in [-0.39, 0.29) is 17.8 Å². The molecular weight excluding hydrogens is 258 g/mol. The van der Waals surface area contributed by atoms with E-state index in [9.17, 15) is 9.59 Å². The number of imidazole rings is 1. The molecular formula is C14H19N3O3. The number of nitrogens with one attached hydrogen (secondary N) is 1. The maximum Gasteiger partial charge on any atom is 0.329 e. The van der Waals surface area contributed by atoms with Crippen molar-refractivity contribution >= 4 is 11.9 Å². The number of aromatic nitrogens is 2. The van der Waals surface area contributed by atoms with Gasteiger partial charge in [-0.05, 0) is 12.8 Å². The molecule has 2 heterocycles. The molecule has 0 radical (unpaired) electrons. The molecule has 0 saturated heterocycles. The van der Waals surface area contributed by atoms with Gasteiger partial charge in [0.05, 0.1) is 31.4 Å². The molecule has 1 N–H and O–H groups in total. The van der Waals surface area contributed by atoms with Gasteiger partial charge in [-0.2, -0.15) is 0 Å². The quantitative estimate of drug-likeness (QED) is 0.819. The average molecular weight is 277 g/mol. The van der Waals surface area contributed by atoms with E-state index >= 15 is 0 Å². The fourth-order valence-electron chi connectivity index (χ4n) is 3.22. The monoisotopic (exact) mass is 277 g/mol. The number of ether oxygens (including phenoxy) is 1. The van der Waals surface area contributed by atoms with Crippen molar-refractivity contribution in [3.8, 4) is 0 Å². The highest BCUT2D eigenvalue weighted by molar-refractivity contribution is 5.86. The number of nitrogens with zero attached hydrogens (tertiary/aromatic N) is 2. The molecule has 6 nitrogen and oxygen atoms in total. The molecule has 6 heteroatoms. The summed E-state index contributed by atoms with van der Waals surface area (Å²) < 4.78 is 4.85. The number of methoxy groups -OCH3 is 1. The van der Waals surface area contributed by atoms with Crippen molar-refractivity contribution in [1.82, 2.24) is 14.9 Å². The van der Waals surface area contributed by atoms with Crippen molar-refractivity contribution < 1.29 is 14.3 Å². The van der Waals surface area contributed by atoms with E-state index in [4.69, 9.17) is 4.74 Å². The third-order valence-electron chi connectivity index (χ3n) is 4.36. The predicted molar refractivity (Wildman–Crippen MR) is 70.6 cm³/mol. The summed E-state index contributed by atoms with van der Waals surface area (Å²) in [5, 5.41) is 0. The molecule has 1 saturated carbocycles. The van der Waals surface area contributed by atoms with E-state index in [0.29, 0.717) is 13.0 Å². The molecule has 108 valence electrons. The van der Waals surface area contributed by atoms with E-state index in [1.165, 1.54) is 7.11 Å². The van der Waals surface area contributed by atoms with Crippen molar-refractivity contribution in [1.29, 1.82) is 0 Å². The zero-order valence-electron chi connectivity index (χ0n) is 11.6. The molecule has 1 fully saturated rings. The molecule has 1 atom stereocenters. The van der Waals surface area contributed by atoms with E-state index < -0.39 is 6.04 Å². The van der Waals surface area contributed by atoms with Gasteiger partial charge >= 0.3 is 5.97 Å². The molecule has 20 heavy (non-hydrogen) atoms. The third-order valence-corrected chi connectivity index (χ3v) is 4.36. The zero-order valence-corrected chi connectivity index (χ0v) is 11.6. The first kappa shape index (κ1) is 13.1. The van der Waals surface area contributed by atoms with Gasteiger partial charge in [-0.1, -0.05) is 12.8 Å². The molecule has 2 aliphatic rings. The van der Waals surface area contributed by atoms with Crippen LogP contribution in [0.3, 0.4) is 0 Å². The first-order valence-electron chi connectivity index (χ1n) is 7.10. The van der Waals surface area contributed by atoms with Crippen molar-refractivity contribution in [3.63, 3.8) is 0 Å². The SMILES string of the molecule is COC(=O)[C@H]1Cc2nc[nH]c2CN1C(=O)C1CCCC1. The van der Waals surface area contributed by atoms with Gasteiger partial charge in [0.15, 0.2) is 0 Å². The Kier molecular flexibility index (Phi) is 3.46. The largest absolute Gasteiger partial charge is 0.467 e. The predicted octanol–water partition coefficient (Wildman–Crippen LogP) is 1.03. The Hall–Kier alpha value is -1.85. The number of esters is 1. The molecule has 0 unspecified atom stereocenters. The third kappa shape index (κ3) is 2.19. The second-order valence-electron chi connectivity index (χ2n) is 5.52. The van der Waals surface area contributed by atoms with Crippen molar-refractivity contribution in [2.45, 2.75) is 44.7 Å². The smallest absolute Gasteiger partial charge is 0.329 e. The molecule has 0 aromatic carbocycles. The van der Waals surface area contributed by atoms with Crippen molar-refractivity contribution in [2.24, 2.45) is 5.92 Å². The van der Waals surface area contributed by atoms with E-state index in [0.717, 1.165) is 37.1 Å². The van der Waals surface area contributed by atoms with Crippen LogP contribution in [-0.2, 0) is 27.3 Å². The highest BCUT2D eigenvalue weighted by atomic mass is 16.5. The van der Waals surface area contributed by atoms with Gasteiger partial charge in [0, 0.05) is 12.3 Å². The Morgan fingerprint density at radius 3 is 2.85 bits per heavy atom. The van der Waals surface area contributed by atoms with Crippen LogP contribution in [0.2, 0.25) is 0 Å². The summed E-state index contributed by atoms with van der Waals surface area (Å²) in [7, 11) is 1.36. The number of hydrogen-bond donors (Lipinski definition) is 1. The lowest BCUT2D eigenvalue weighted by atomic mass is 9.98. The fraction of sp³-hybridized carbons (Fsp3) is 0.643. The topological polar surface area (TPSA) is 75.3 Å². The van der Waals surface area contributed by atoms with Gasteiger partial charge in [0.2, 0.25) is 5.91 Å². The summed E-state index contributed by atoms with van der Waals surface area (Å²) in [6.45, 7) is 0.421. The van der Waals surface area contributed by atoms with Gasteiger partial charge in [-0.3, -0.25) is 4.79 Å². The van der Waals surface area contributed by atoms with Gasteiger partial charge in [0.1, 0.15) is 6.04 Å². The number of fused-ring (bicyclic) bond motifs is 1. The van der Waals surface area contributed by atoms with Gasteiger partial charge in [-0.15, -0.1) is 0 Å². The summed E-state index contributed by atoms with van der Waals surface area (Å²) in [6.07, 6.45) is 6.11. The van der Waals surface area contributed by atoms with Crippen molar-refractivity contribution in [2.75, 3.05) is 7.11 Å². The lowest BCUT2D eigenvalue weighted by Gasteiger charge is -2.34. The van der Waals surface area contributed by atoms with Crippen LogP contribution >= 0.6 is 0 Å². The second kappa shape index (κ2) is 5.26.